The highest BCUT2D eigenvalue weighted by Crippen LogP contribution is 2.30. The first kappa shape index (κ1) is 20.2. The van der Waals surface area contributed by atoms with E-state index in [1.807, 2.05) is 60.0 Å². The third kappa shape index (κ3) is 4.42. The molecule has 0 radical (unpaired) electrons. The number of aromatic amines is 1. The number of ether oxygens (including phenoxy) is 1. The molecule has 5 heterocycles. The highest BCUT2D eigenvalue weighted by atomic mass is 32.2. The Morgan fingerprint density at radius 1 is 1.21 bits per heavy atom. The fourth-order valence-corrected chi connectivity index (χ4v) is 4.72. The van der Waals surface area contributed by atoms with Crippen LogP contribution >= 0.6 is 11.8 Å². The molecule has 2 aliphatic heterocycles. The largest absolute Gasteiger partial charge is 0.367 e. The fraction of sp³-hybridized carbons (Fsp3) is 0.273. The van der Waals surface area contributed by atoms with Gasteiger partial charge in [0.1, 0.15) is 5.65 Å². The van der Waals surface area contributed by atoms with Crippen molar-refractivity contribution in [3.05, 3.63) is 54.4 Å². The number of likely N-dealkylation sites (tertiary alicyclic amines) is 1. The van der Waals surface area contributed by atoms with Crippen molar-refractivity contribution in [1.29, 1.82) is 0 Å². The topological polar surface area (TPSA) is 116 Å². The average Bonchev–Trinajstić information content (AvgIpc) is 3.15. The van der Waals surface area contributed by atoms with Gasteiger partial charge in [-0.15, -0.1) is 0 Å². The molecule has 33 heavy (non-hydrogen) atoms. The van der Waals surface area contributed by atoms with Crippen molar-refractivity contribution in [1.82, 2.24) is 29.5 Å². The van der Waals surface area contributed by atoms with Crippen molar-refractivity contribution in [2.45, 2.75) is 29.2 Å². The molecular weight excluding hydrogens is 440 g/mol. The van der Waals surface area contributed by atoms with Gasteiger partial charge in [-0.3, -0.25) is 19.2 Å². The Kier molecular flexibility index (Phi) is 5.01. The Labute approximate surface area is 193 Å². The number of epoxide rings is 1. The van der Waals surface area contributed by atoms with E-state index in [4.69, 9.17) is 4.74 Å². The van der Waals surface area contributed by atoms with Gasteiger partial charge in [-0.1, -0.05) is 0 Å². The van der Waals surface area contributed by atoms with Crippen LogP contribution in [0.4, 0.5) is 17.5 Å². The zero-order valence-corrected chi connectivity index (χ0v) is 18.7. The van der Waals surface area contributed by atoms with E-state index in [9.17, 15) is 4.79 Å². The summed E-state index contributed by atoms with van der Waals surface area (Å²) in [4.78, 5) is 24.7. The number of nitrogens with one attached hydrogen (secondary N) is 3. The highest BCUT2D eigenvalue weighted by molar-refractivity contribution is 7.99. The van der Waals surface area contributed by atoms with Crippen LogP contribution < -0.4 is 10.6 Å². The number of H-pyrrole nitrogens is 1. The molecule has 2 atom stereocenters. The third-order valence-electron chi connectivity index (χ3n) is 5.59. The van der Waals surface area contributed by atoms with Gasteiger partial charge in [-0.05, 0) is 55.1 Å². The van der Waals surface area contributed by atoms with Gasteiger partial charge in [0.25, 0.3) is 0 Å². The van der Waals surface area contributed by atoms with Gasteiger partial charge in [0.05, 0.1) is 18.8 Å². The van der Waals surface area contributed by atoms with Crippen LogP contribution in [0.15, 0.2) is 58.7 Å². The molecule has 10 nitrogen and oxygen atoms in total. The number of nitrogens with zero attached hydrogens (tertiary/aromatic N) is 5. The van der Waals surface area contributed by atoms with E-state index in [-0.39, 0.29) is 5.91 Å². The van der Waals surface area contributed by atoms with E-state index in [0.29, 0.717) is 35.7 Å². The molecular formula is C22H22N8O2S. The molecule has 4 aromatic rings. The Balaban J connectivity index is 1.13. The van der Waals surface area contributed by atoms with Gasteiger partial charge in [0.2, 0.25) is 11.9 Å². The van der Waals surface area contributed by atoms with E-state index >= 15 is 0 Å². The normalized spacial score (nSPS) is 19.5. The zero-order chi connectivity index (χ0) is 22.4. The number of hydrogen-bond donors (Lipinski definition) is 3. The molecule has 1 amide bonds. The third-order valence-corrected chi connectivity index (χ3v) is 6.46. The van der Waals surface area contributed by atoms with Gasteiger partial charge in [0, 0.05) is 41.6 Å². The summed E-state index contributed by atoms with van der Waals surface area (Å²) in [5.41, 5.74) is 2.52. The molecule has 2 unspecified atom stereocenters. The monoisotopic (exact) mass is 462 g/mol. The summed E-state index contributed by atoms with van der Waals surface area (Å²) in [5, 5.41) is 14.0. The molecule has 3 N–H and O–H groups in total. The van der Waals surface area contributed by atoms with Gasteiger partial charge >= 0.3 is 0 Å². The maximum absolute atomic E-state index is 12.3. The Hall–Kier alpha value is -3.41. The molecule has 2 saturated heterocycles. The summed E-state index contributed by atoms with van der Waals surface area (Å²) in [6.07, 6.45) is 2.57. The smallest absolute Gasteiger partial charge is 0.238 e. The number of aryl methyl sites for hydroxylation is 1. The molecule has 2 fully saturated rings. The van der Waals surface area contributed by atoms with Crippen molar-refractivity contribution in [3.63, 3.8) is 0 Å². The second-order valence-electron chi connectivity index (χ2n) is 8.21. The quantitative estimate of drug-likeness (QED) is 0.359. The van der Waals surface area contributed by atoms with Crippen LogP contribution in [-0.4, -0.2) is 67.2 Å². The number of carbonyl (C=O) groups is 1. The highest BCUT2D eigenvalue weighted by Gasteiger charge is 2.47. The molecule has 0 spiro atoms. The second kappa shape index (κ2) is 8.18. The maximum atomic E-state index is 12.3. The first-order chi connectivity index (χ1) is 16.1. The Bertz CT molecular complexity index is 1310. The molecule has 168 valence electrons. The van der Waals surface area contributed by atoms with Crippen molar-refractivity contribution >= 4 is 40.8 Å². The summed E-state index contributed by atoms with van der Waals surface area (Å²) >= 11 is 1.46. The SMILES string of the molecule is Cc1cc(Nc2nc(Sc3ccc(NC(=O)CN4CC5OC5C4)cc3)nc3cccn23)n[nH]1. The minimum atomic E-state index is -0.0111. The minimum Gasteiger partial charge on any atom is -0.367 e. The Morgan fingerprint density at radius 3 is 2.79 bits per heavy atom. The zero-order valence-electron chi connectivity index (χ0n) is 17.9. The second-order valence-corrected chi connectivity index (χ2v) is 9.25. The Morgan fingerprint density at radius 2 is 2.03 bits per heavy atom. The van der Waals surface area contributed by atoms with Crippen molar-refractivity contribution in [3.8, 4) is 0 Å². The number of benzene rings is 1. The molecule has 6 rings (SSSR count). The van der Waals surface area contributed by atoms with E-state index < -0.39 is 0 Å². The van der Waals surface area contributed by atoms with E-state index in [1.165, 1.54) is 11.8 Å². The number of carbonyl (C=O) groups excluding carboxylic acids is 1. The number of fused-ring (bicyclic) bond motifs is 2. The van der Waals surface area contributed by atoms with Crippen LogP contribution in [0, 0.1) is 6.92 Å². The molecule has 0 bridgehead atoms. The van der Waals surface area contributed by atoms with Gasteiger partial charge in [-0.2, -0.15) is 10.1 Å². The average molecular weight is 463 g/mol. The number of morpholine rings is 1. The first-order valence-electron chi connectivity index (χ1n) is 10.7. The molecule has 1 aromatic carbocycles. The lowest BCUT2D eigenvalue weighted by molar-refractivity contribution is -0.117. The summed E-state index contributed by atoms with van der Waals surface area (Å²) in [6.45, 7) is 4.02. The molecule has 0 aliphatic carbocycles. The summed E-state index contributed by atoms with van der Waals surface area (Å²) in [7, 11) is 0. The van der Waals surface area contributed by atoms with Gasteiger partial charge in [-0.25, -0.2) is 4.98 Å². The van der Waals surface area contributed by atoms with Crippen LogP contribution in [0.1, 0.15) is 5.69 Å². The molecule has 0 saturated carbocycles. The lowest BCUT2D eigenvalue weighted by Gasteiger charge is -2.16. The number of anilines is 3. The molecule has 2 aliphatic rings. The lowest BCUT2D eigenvalue weighted by atomic mass is 10.3. The predicted octanol–water partition coefficient (Wildman–Crippen LogP) is 2.68. The number of hydrogen-bond acceptors (Lipinski definition) is 8. The first-order valence-corrected chi connectivity index (χ1v) is 11.5. The number of aromatic nitrogens is 5. The van der Waals surface area contributed by atoms with Crippen molar-refractivity contribution in [2.75, 3.05) is 30.3 Å². The number of amides is 1. The molecule has 3 aromatic heterocycles. The van der Waals surface area contributed by atoms with Gasteiger partial charge < -0.3 is 15.4 Å². The summed E-state index contributed by atoms with van der Waals surface area (Å²) in [6, 6.07) is 13.5. The van der Waals surface area contributed by atoms with Crippen LogP contribution in [-0.2, 0) is 9.53 Å². The summed E-state index contributed by atoms with van der Waals surface area (Å²) in [5.74, 6) is 1.31. The van der Waals surface area contributed by atoms with Crippen LogP contribution in [0.3, 0.4) is 0 Å². The maximum Gasteiger partial charge on any atom is 0.238 e. The summed E-state index contributed by atoms with van der Waals surface area (Å²) < 4.78 is 7.28. The van der Waals surface area contributed by atoms with Crippen LogP contribution in [0.2, 0.25) is 0 Å². The van der Waals surface area contributed by atoms with Crippen molar-refractivity contribution in [2.24, 2.45) is 0 Å². The lowest BCUT2D eigenvalue weighted by Crippen LogP contribution is -2.33. The van der Waals surface area contributed by atoms with E-state index in [1.54, 1.807) is 0 Å². The standard InChI is InChI=1S/C22H22N8O2S/c1-13-9-18(28-27-13)24-21-26-22(25-19-3-2-8-30(19)21)33-15-6-4-14(5-7-15)23-20(31)12-29-10-16-17(11-29)32-16/h2-9,16-17H,10-12H2,1H3,(H,23,31)(H2,24,25,26,27,28). The van der Waals surface area contributed by atoms with Gasteiger partial charge in [0.15, 0.2) is 11.0 Å². The molecule has 11 heteroatoms. The predicted molar refractivity (Wildman–Crippen MR) is 124 cm³/mol. The van der Waals surface area contributed by atoms with Crippen LogP contribution in [0.25, 0.3) is 5.65 Å². The minimum absolute atomic E-state index is 0.0111. The van der Waals surface area contributed by atoms with E-state index in [0.717, 1.165) is 35.0 Å². The number of rotatable bonds is 7. The van der Waals surface area contributed by atoms with Crippen molar-refractivity contribution < 1.29 is 9.53 Å². The fourth-order valence-electron chi connectivity index (χ4n) is 3.97. The van der Waals surface area contributed by atoms with Crippen LogP contribution in [0.5, 0.6) is 0 Å². The van der Waals surface area contributed by atoms with E-state index in [2.05, 4.69) is 35.7 Å².